The fourth-order valence-electron chi connectivity index (χ4n) is 3.71. The van der Waals surface area contributed by atoms with Crippen molar-refractivity contribution in [3.63, 3.8) is 0 Å². The van der Waals surface area contributed by atoms with E-state index >= 15 is 0 Å². The Balaban J connectivity index is 1.55. The SMILES string of the molecule is CCOC(=O)C(Cc1ccc(OC/C=C(\C)c2ccc(-c3cccc(C)c3)cc2)cc1)OCC. The molecule has 0 spiro atoms. The molecule has 0 aliphatic rings. The van der Waals surface area contributed by atoms with Crippen molar-refractivity contribution in [1.29, 1.82) is 0 Å². The Morgan fingerprint density at radius 2 is 1.65 bits per heavy atom. The lowest BCUT2D eigenvalue weighted by molar-refractivity contribution is -0.156. The van der Waals surface area contributed by atoms with Crippen molar-refractivity contribution < 1.29 is 19.0 Å². The number of aryl methyl sites for hydroxylation is 1. The maximum absolute atomic E-state index is 12.1. The molecular weight excluding hydrogens is 424 g/mol. The molecule has 0 radical (unpaired) electrons. The van der Waals surface area contributed by atoms with E-state index in [2.05, 4.69) is 68.5 Å². The Hall–Kier alpha value is -3.37. The number of carbonyl (C=O) groups excluding carboxylic acids is 1. The van der Waals surface area contributed by atoms with Gasteiger partial charge in [-0.3, -0.25) is 0 Å². The van der Waals surface area contributed by atoms with Gasteiger partial charge in [-0.15, -0.1) is 0 Å². The molecule has 0 fully saturated rings. The first-order valence-electron chi connectivity index (χ1n) is 11.8. The largest absolute Gasteiger partial charge is 0.490 e. The maximum atomic E-state index is 12.1. The number of hydrogen-bond donors (Lipinski definition) is 0. The lowest BCUT2D eigenvalue weighted by atomic mass is 10.00. The summed E-state index contributed by atoms with van der Waals surface area (Å²) in [7, 11) is 0. The van der Waals surface area contributed by atoms with Crippen LogP contribution >= 0.6 is 0 Å². The van der Waals surface area contributed by atoms with Crippen molar-refractivity contribution in [3.8, 4) is 16.9 Å². The molecule has 34 heavy (non-hydrogen) atoms. The molecule has 0 N–H and O–H groups in total. The van der Waals surface area contributed by atoms with Gasteiger partial charge < -0.3 is 14.2 Å². The Labute approximate surface area is 203 Å². The number of allylic oxidation sites excluding steroid dienone is 1. The van der Waals surface area contributed by atoms with Crippen LogP contribution in [-0.4, -0.2) is 31.9 Å². The highest BCUT2D eigenvalue weighted by Crippen LogP contribution is 2.23. The summed E-state index contributed by atoms with van der Waals surface area (Å²) in [5.41, 5.74) is 7.05. The average molecular weight is 459 g/mol. The highest BCUT2D eigenvalue weighted by atomic mass is 16.6. The molecule has 3 aromatic carbocycles. The van der Waals surface area contributed by atoms with Crippen molar-refractivity contribution in [3.05, 3.63) is 95.6 Å². The molecule has 0 aromatic heterocycles. The summed E-state index contributed by atoms with van der Waals surface area (Å²) in [5.74, 6) is 0.462. The van der Waals surface area contributed by atoms with Gasteiger partial charge in [0.25, 0.3) is 0 Å². The van der Waals surface area contributed by atoms with Crippen LogP contribution in [0.2, 0.25) is 0 Å². The van der Waals surface area contributed by atoms with Crippen molar-refractivity contribution in [2.75, 3.05) is 19.8 Å². The fourth-order valence-corrected chi connectivity index (χ4v) is 3.71. The van der Waals surface area contributed by atoms with E-state index in [1.54, 1.807) is 6.92 Å². The van der Waals surface area contributed by atoms with Crippen molar-refractivity contribution in [2.45, 2.75) is 40.2 Å². The highest BCUT2D eigenvalue weighted by molar-refractivity contribution is 5.75. The van der Waals surface area contributed by atoms with Gasteiger partial charge in [-0.2, -0.15) is 0 Å². The van der Waals surface area contributed by atoms with E-state index in [0.717, 1.165) is 11.3 Å². The summed E-state index contributed by atoms with van der Waals surface area (Å²) in [6, 6.07) is 24.9. The molecule has 0 saturated carbocycles. The van der Waals surface area contributed by atoms with Crippen LogP contribution < -0.4 is 4.74 Å². The molecule has 1 atom stereocenters. The maximum Gasteiger partial charge on any atom is 0.335 e. The average Bonchev–Trinajstić information content (AvgIpc) is 2.85. The fraction of sp³-hybridized carbons (Fsp3) is 0.300. The molecule has 0 saturated heterocycles. The van der Waals surface area contributed by atoms with Crippen LogP contribution in [0.1, 0.15) is 37.5 Å². The molecule has 0 heterocycles. The van der Waals surface area contributed by atoms with Crippen LogP contribution in [-0.2, 0) is 20.7 Å². The lowest BCUT2D eigenvalue weighted by Gasteiger charge is -2.15. The van der Waals surface area contributed by atoms with Gasteiger partial charge in [0.2, 0.25) is 0 Å². The molecule has 4 nitrogen and oxygen atoms in total. The van der Waals surface area contributed by atoms with Crippen LogP contribution in [0, 0.1) is 6.92 Å². The number of esters is 1. The summed E-state index contributed by atoms with van der Waals surface area (Å²) in [5, 5.41) is 0. The molecule has 1 unspecified atom stereocenters. The van der Waals surface area contributed by atoms with E-state index in [1.807, 2.05) is 31.2 Å². The van der Waals surface area contributed by atoms with E-state index in [1.165, 1.54) is 27.8 Å². The first kappa shape index (κ1) is 25.3. The Morgan fingerprint density at radius 3 is 2.29 bits per heavy atom. The number of carbonyl (C=O) groups is 1. The predicted molar refractivity (Wildman–Crippen MR) is 138 cm³/mol. The Morgan fingerprint density at radius 1 is 0.912 bits per heavy atom. The molecule has 0 aliphatic heterocycles. The van der Waals surface area contributed by atoms with Crippen LogP contribution in [0.4, 0.5) is 0 Å². The number of hydrogen-bond acceptors (Lipinski definition) is 4. The van der Waals surface area contributed by atoms with Crippen LogP contribution in [0.5, 0.6) is 5.75 Å². The second-order valence-corrected chi connectivity index (χ2v) is 8.19. The van der Waals surface area contributed by atoms with E-state index in [9.17, 15) is 4.79 Å². The Bertz CT molecular complexity index is 1080. The number of rotatable bonds is 11. The molecule has 178 valence electrons. The molecule has 0 bridgehead atoms. The van der Waals surface area contributed by atoms with E-state index in [0.29, 0.717) is 26.2 Å². The minimum absolute atomic E-state index is 0.322. The standard InChI is InChI=1S/C30H34O4/c1-5-32-29(30(31)33-6-2)21-24-10-16-28(17-11-24)34-19-18-23(4)25-12-14-26(15-13-25)27-9-7-8-22(3)20-27/h7-18,20,29H,5-6,19,21H2,1-4H3/b23-18+. The third kappa shape index (κ3) is 7.32. The molecule has 3 aromatic rings. The Kier molecular flexibility index (Phi) is 9.48. The smallest absolute Gasteiger partial charge is 0.335 e. The second kappa shape index (κ2) is 12.8. The number of benzene rings is 3. The van der Waals surface area contributed by atoms with Gasteiger partial charge in [-0.25, -0.2) is 4.79 Å². The van der Waals surface area contributed by atoms with E-state index in [-0.39, 0.29) is 5.97 Å². The van der Waals surface area contributed by atoms with Gasteiger partial charge in [0, 0.05) is 13.0 Å². The zero-order valence-corrected chi connectivity index (χ0v) is 20.5. The highest BCUT2D eigenvalue weighted by Gasteiger charge is 2.20. The zero-order chi connectivity index (χ0) is 24.3. The summed E-state index contributed by atoms with van der Waals surface area (Å²) >= 11 is 0. The van der Waals surface area contributed by atoms with Crippen molar-refractivity contribution in [1.82, 2.24) is 0 Å². The zero-order valence-electron chi connectivity index (χ0n) is 20.5. The lowest BCUT2D eigenvalue weighted by Crippen LogP contribution is -2.28. The van der Waals surface area contributed by atoms with Crippen LogP contribution in [0.25, 0.3) is 16.7 Å². The van der Waals surface area contributed by atoms with Gasteiger partial charge in [-0.1, -0.05) is 66.2 Å². The molecule has 0 amide bonds. The predicted octanol–water partition coefficient (Wildman–Crippen LogP) is 6.66. The molecule has 0 aliphatic carbocycles. The van der Waals surface area contributed by atoms with Crippen molar-refractivity contribution >= 4 is 11.5 Å². The van der Waals surface area contributed by atoms with Crippen molar-refractivity contribution in [2.24, 2.45) is 0 Å². The summed E-state index contributed by atoms with van der Waals surface area (Å²) < 4.78 is 16.5. The van der Waals surface area contributed by atoms with Crippen LogP contribution in [0.15, 0.2) is 78.9 Å². The summed E-state index contributed by atoms with van der Waals surface area (Å²) in [6.45, 7) is 9.16. The van der Waals surface area contributed by atoms with E-state index < -0.39 is 6.10 Å². The van der Waals surface area contributed by atoms with Gasteiger partial charge in [0.15, 0.2) is 6.10 Å². The minimum Gasteiger partial charge on any atom is -0.490 e. The first-order chi connectivity index (χ1) is 16.5. The quantitative estimate of drug-likeness (QED) is 0.302. The molecular formula is C30H34O4. The van der Waals surface area contributed by atoms with Gasteiger partial charge in [0.05, 0.1) is 6.61 Å². The van der Waals surface area contributed by atoms with Gasteiger partial charge in [0.1, 0.15) is 12.4 Å². The summed E-state index contributed by atoms with van der Waals surface area (Å²) in [4.78, 5) is 12.1. The number of ether oxygens (including phenoxy) is 3. The first-order valence-corrected chi connectivity index (χ1v) is 11.8. The van der Waals surface area contributed by atoms with E-state index in [4.69, 9.17) is 14.2 Å². The molecule has 4 heteroatoms. The monoisotopic (exact) mass is 458 g/mol. The molecule has 3 rings (SSSR count). The topological polar surface area (TPSA) is 44.8 Å². The third-order valence-corrected chi connectivity index (χ3v) is 5.59. The minimum atomic E-state index is -0.584. The van der Waals surface area contributed by atoms with Gasteiger partial charge in [-0.05, 0) is 73.7 Å². The van der Waals surface area contributed by atoms with Crippen LogP contribution in [0.3, 0.4) is 0 Å². The summed E-state index contributed by atoms with van der Waals surface area (Å²) in [6.07, 6.45) is 1.98. The third-order valence-electron chi connectivity index (χ3n) is 5.59. The normalized spacial score (nSPS) is 12.3. The van der Waals surface area contributed by atoms with Gasteiger partial charge >= 0.3 is 5.97 Å². The second-order valence-electron chi connectivity index (χ2n) is 8.19.